The minimum Gasteiger partial charge on any atom is -0.492 e. The number of aromatic nitrogens is 3. The fraction of sp³-hybridized carbons (Fsp3) is 0.240. The highest BCUT2D eigenvalue weighted by Gasteiger charge is 2.17. The van der Waals surface area contributed by atoms with E-state index in [1.165, 1.54) is 0 Å². The van der Waals surface area contributed by atoms with Crippen molar-refractivity contribution in [3.8, 4) is 0 Å². The summed E-state index contributed by atoms with van der Waals surface area (Å²) in [6, 6.07) is 3.72. The quantitative estimate of drug-likeness (QED) is 0.111. The maximum atomic E-state index is 5.87. The van der Waals surface area contributed by atoms with E-state index >= 15 is 0 Å². The van der Waals surface area contributed by atoms with Crippen LogP contribution in [0.15, 0.2) is 95.9 Å². The lowest BCUT2D eigenvalue weighted by atomic mass is 10.1. The molecule has 0 aliphatic carbocycles. The molecule has 0 amide bonds. The van der Waals surface area contributed by atoms with Gasteiger partial charge in [-0.05, 0) is 25.1 Å². The molecule has 178 valence electrons. The number of nitrogens with zero attached hydrogens (tertiary/aromatic N) is 7. The van der Waals surface area contributed by atoms with Gasteiger partial charge in [0.1, 0.15) is 6.61 Å². The highest BCUT2D eigenvalue weighted by Crippen LogP contribution is 2.19. The van der Waals surface area contributed by atoms with Crippen LogP contribution in [0.4, 0.5) is 0 Å². The van der Waals surface area contributed by atoms with E-state index in [0.717, 1.165) is 28.3 Å². The summed E-state index contributed by atoms with van der Waals surface area (Å²) in [5.74, 6) is 1.14. The molecule has 0 saturated carbocycles. The van der Waals surface area contributed by atoms with Gasteiger partial charge in [-0.3, -0.25) is 9.67 Å². The van der Waals surface area contributed by atoms with Gasteiger partial charge in [0.25, 0.3) is 0 Å². The first-order chi connectivity index (χ1) is 16.4. The van der Waals surface area contributed by atoms with Gasteiger partial charge < -0.3 is 9.47 Å². The summed E-state index contributed by atoms with van der Waals surface area (Å²) in [7, 11) is 5.00. The lowest BCUT2D eigenvalue weighted by Crippen LogP contribution is -2.10. The van der Waals surface area contributed by atoms with Crippen LogP contribution in [0.3, 0.4) is 0 Å². The standard InChI is InChI=1S/C25H31N7O2/c1-8-10-11-12-19(3)34-18-24-23(16-28-31(24)6)25(33-7)29-20(4)21-13-14-27-22(15-21)17-32(9-2)30-26-5/h8-16H,1-2,4,17-18H2,3,5-7H3/b11-10-,19-12+,29-25?,30-26?. The number of pyridine rings is 1. The highest BCUT2D eigenvalue weighted by molar-refractivity contribution is 5.98. The van der Waals surface area contributed by atoms with Crippen molar-refractivity contribution in [1.29, 1.82) is 0 Å². The van der Waals surface area contributed by atoms with Crippen molar-refractivity contribution >= 4 is 11.6 Å². The molecule has 34 heavy (non-hydrogen) atoms. The minimum absolute atomic E-state index is 0.299. The van der Waals surface area contributed by atoms with Crippen LogP contribution in [0.2, 0.25) is 0 Å². The normalized spacial score (nSPS) is 12.2. The average Bonchev–Trinajstić information content (AvgIpc) is 3.21. The molecule has 0 aromatic carbocycles. The predicted octanol–water partition coefficient (Wildman–Crippen LogP) is 4.98. The Balaban J connectivity index is 2.25. The first-order valence-electron chi connectivity index (χ1n) is 10.5. The molecule has 2 aromatic rings. The smallest absolute Gasteiger partial charge is 0.224 e. The topological polar surface area (TPSA) is 89.5 Å². The zero-order chi connectivity index (χ0) is 24.9. The van der Waals surface area contributed by atoms with Crippen LogP contribution in [0, 0.1) is 0 Å². The number of rotatable bonds is 12. The van der Waals surface area contributed by atoms with Gasteiger partial charge in [0, 0.05) is 25.0 Å². The minimum atomic E-state index is 0.299. The summed E-state index contributed by atoms with van der Waals surface area (Å²) in [6.45, 7) is 14.1. The van der Waals surface area contributed by atoms with Gasteiger partial charge in [0.05, 0.1) is 55.3 Å². The first kappa shape index (κ1) is 26.0. The Morgan fingerprint density at radius 3 is 2.76 bits per heavy atom. The molecule has 0 saturated heterocycles. The number of aliphatic imine (C=N–C) groups is 1. The van der Waals surface area contributed by atoms with Crippen LogP contribution in [-0.2, 0) is 29.7 Å². The Labute approximate surface area is 200 Å². The highest BCUT2D eigenvalue weighted by atomic mass is 16.5. The summed E-state index contributed by atoms with van der Waals surface area (Å²) < 4.78 is 13.2. The van der Waals surface area contributed by atoms with E-state index in [2.05, 4.69) is 45.1 Å². The van der Waals surface area contributed by atoms with Crippen molar-refractivity contribution in [1.82, 2.24) is 19.8 Å². The molecular formula is C25H31N7O2. The van der Waals surface area contributed by atoms with Crippen molar-refractivity contribution in [2.45, 2.75) is 20.1 Å². The third-order valence-corrected chi connectivity index (χ3v) is 4.63. The van der Waals surface area contributed by atoms with E-state index in [4.69, 9.17) is 9.47 Å². The van der Waals surface area contributed by atoms with Crippen LogP contribution in [0.1, 0.15) is 29.4 Å². The number of hydrogen-bond acceptors (Lipinski definition) is 7. The summed E-state index contributed by atoms with van der Waals surface area (Å²) >= 11 is 0. The zero-order valence-electron chi connectivity index (χ0n) is 20.2. The SMILES string of the molecule is C=C/C=C\C=C(/C)OCc1c(C(=NC(=C)c2ccnc(CN(C=C)N=NC)c2)OC)cnn1C. The van der Waals surface area contributed by atoms with Gasteiger partial charge in [-0.2, -0.15) is 10.2 Å². The molecule has 0 bridgehead atoms. The summed E-state index contributed by atoms with van der Waals surface area (Å²) in [4.78, 5) is 9.00. The molecule has 0 atom stereocenters. The van der Waals surface area contributed by atoms with E-state index in [-0.39, 0.29) is 0 Å². The number of aryl methyl sites for hydroxylation is 1. The van der Waals surface area contributed by atoms with Crippen molar-refractivity contribution in [2.24, 2.45) is 22.4 Å². The first-order valence-corrected chi connectivity index (χ1v) is 10.5. The number of hydrogen-bond donors (Lipinski definition) is 0. The molecule has 2 heterocycles. The van der Waals surface area contributed by atoms with Gasteiger partial charge in [-0.15, -0.1) is 0 Å². The molecule has 9 heteroatoms. The molecular weight excluding hydrogens is 430 g/mol. The maximum Gasteiger partial charge on any atom is 0.224 e. The fourth-order valence-corrected chi connectivity index (χ4v) is 2.87. The molecule has 0 N–H and O–H groups in total. The van der Waals surface area contributed by atoms with Crippen LogP contribution < -0.4 is 0 Å². The number of ether oxygens (including phenoxy) is 2. The van der Waals surface area contributed by atoms with E-state index < -0.39 is 0 Å². The lowest BCUT2D eigenvalue weighted by molar-refractivity contribution is 0.193. The number of allylic oxidation sites excluding steroid dienone is 5. The molecule has 0 radical (unpaired) electrons. The Kier molecular flexibility index (Phi) is 10.2. The third kappa shape index (κ3) is 7.40. The van der Waals surface area contributed by atoms with Gasteiger partial charge in [0.15, 0.2) is 0 Å². The Morgan fingerprint density at radius 2 is 2.09 bits per heavy atom. The van der Waals surface area contributed by atoms with Gasteiger partial charge >= 0.3 is 0 Å². The van der Waals surface area contributed by atoms with E-state index in [1.807, 2.05) is 44.3 Å². The molecule has 9 nitrogen and oxygen atoms in total. The van der Waals surface area contributed by atoms with Crippen molar-refractivity contribution in [3.63, 3.8) is 0 Å². The van der Waals surface area contributed by atoms with Crippen molar-refractivity contribution < 1.29 is 9.47 Å². The van der Waals surface area contributed by atoms with Gasteiger partial charge in [-0.1, -0.05) is 43.2 Å². The monoisotopic (exact) mass is 461 g/mol. The largest absolute Gasteiger partial charge is 0.492 e. The summed E-state index contributed by atoms with van der Waals surface area (Å²) in [6.07, 6.45) is 12.2. The Bertz CT molecular complexity index is 1130. The van der Waals surface area contributed by atoms with E-state index in [1.54, 1.807) is 48.5 Å². The van der Waals surface area contributed by atoms with Crippen LogP contribution in [0.5, 0.6) is 0 Å². The zero-order valence-corrected chi connectivity index (χ0v) is 20.2. The molecule has 0 aliphatic rings. The molecule has 0 unspecified atom stereocenters. The second-order valence-electron chi connectivity index (χ2n) is 6.99. The maximum absolute atomic E-state index is 5.87. The molecule has 0 spiro atoms. The van der Waals surface area contributed by atoms with Crippen LogP contribution >= 0.6 is 0 Å². The van der Waals surface area contributed by atoms with Gasteiger partial charge in [-0.25, -0.2) is 10.0 Å². The van der Waals surface area contributed by atoms with Crippen LogP contribution in [0.25, 0.3) is 5.70 Å². The second kappa shape index (κ2) is 13.3. The fourth-order valence-electron chi connectivity index (χ4n) is 2.87. The summed E-state index contributed by atoms with van der Waals surface area (Å²) in [5.41, 5.74) is 3.62. The van der Waals surface area contributed by atoms with Gasteiger partial charge in [0.2, 0.25) is 5.90 Å². The summed E-state index contributed by atoms with van der Waals surface area (Å²) in [5, 5.41) is 13.7. The average molecular weight is 462 g/mol. The lowest BCUT2D eigenvalue weighted by Gasteiger charge is -2.12. The Morgan fingerprint density at radius 1 is 1.29 bits per heavy atom. The van der Waals surface area contributed by atoms with Crippen molar-refractivity contribution in [3.05, 3.63) is 103 Å². The third-order valence-electron chi connectivity index (χ3n) is 4.63. The predicted molar refractivity (Wildman–Crippen MR) is 134 cm³/mol. The molecule has 0 fully saturated rings. The molecule has 2 aromatic heterocycles. The van der Waals surface area contributed by atoms with E-state index in [0.29, 0.717) is 24.7 Å². The Hall–Kier alpha value is -4.27. The second-order valence-corrected chi connectivity index (χ2v) is 6.99. The van der Waals surface area contributed by atoms with E-state index in [9.17, 15) is 0 Å². The molecule has 0 aliphatic heterocycles. The van der Waals surface area contributed by atoms with Crippen molar-refractivity contribution in [2.75, 3.05) is 14.2 Å². The number of methoxy groups -OCH3 is 1. The molecule has 2 rings (SSSR count). The van der Waals surface area contributed by atoms with Crippen LogP contribution in [-0.4, -0.2) is 39.8 Å².